The normalized spacial score (nSPS) is 10.8. The summed E-state index contributed by atoms with van der Waals surface area (Å²) in [5.74, 6) is 0.469. The number of carbonyl (C=O) groups excluding carboxylic acids is 2. The van der Waals surface area contributed by atoms with Crippen molar-refractivity contribution in [3.8, 4) is 5.82 Å². The summed E-state index contributed by atoms with van der Waals surface area (Å²) in [4.78, 5) is 33.3. The Bertz CT molecular complexity index is 1180. The van der Waals surface area contributed by atoms with E-state index >= 15 is 0 Å². The van der Waals surface area contributed by atoms with Gasteiger partial charge < -0.3 is 5.32 Å². The number of hydrogen-bond acceptors (Lipinski definition) is 4. The SMILES string of the molecule is CCc1ccc(C(=O)CCC(=O)Nc2ccc(-n3cnc4ccccc43)nc2)cc1. The molecule has 4 rings (SSSR count). The minimum atomic E-state index is -0.212. The van der Waals surface area contributed by atoms with Crippen molar-refractivity contribution in [2.75, 3.05) is 5.32 Å². The summed E-state index contributed by atoms with van der Waals surface area (Å²) >= 11 is 0. The first-order chi connectivity index (χ1) is 14.6. The lowest BCUT2D eigenvalue weighted by Gasteiger charge is -2.07. The monoisotopic (exact) mass is 398 g/mol. The lowest BCUT2D eigenvalue weighted by atomic mass is 10.0. The standard InChI is InChI=1S/C24H22N4O2/c1-2-17-7-9-18(10-8-17)22(29)12-14-24(30)27-19-11-13-23(25-15-19)28-16-26-20-5-3-4-6-21(20)28/h3-11,13,15-16H,2,12,14H2,1H3,(H,27,30). The van der Waals surface area contributed by atoms with E-state index in [2.05, 4.69) is 22.2 Å². The lowest BCUT2D eigenvalue weighted by molar-refractivity contribution is -0.116. The predicted molar refractivity (Wildman–Crippen MR) is 117 cm³/mol. The van der Waals surface area contributed by atoms with Crippen LogP contribution in [0.25, 0.3) is 16.9 Å². The fraction of sp³-hybridized carbons (Fsp3) is 0.167. The quantitative estimate of drug-likeness (QED) is 0.462. The van der Waals surface area contributed by atoms with Gasteiger partial charge in [-0.1, -0.05) is 43.3 Å². The van der Waals surface area contributed by atoms with Crippen molar-refractivity contribution >= 4 is 28.4 Å². The molecule has 0 atom stereocenters. The fourth-order valence-corrected chi connectivity index (χ4v) is 3.27. The highest BCUT2D eigenvalue weighted by molar-refractivity contribution is 6.00. The molecule has 0 bridgehead atoms. The zero-order valence-corrected chi connectivity index (χ0v) is 16.7. The molecule has 6 heteroatoms. The van der Waals surface area contributed by atoms with Crippen LogP contribution in [0, 0.1) is 0 Å². The van der Waals surface area contributed by atoms with Gasteiger partial charge in [-0.2, -0.15) is 0 Å². The van der Waals surface area contributed by atoms with Crippen molar-refractivity contribution in [2.24, 2.45) is 0 Å². The van der Waals surface area contributed by atoms with E-state index in [1.807, 2.05) is 59.2 Å². The Labute approximate surface area is 174 Å². The summed E-state index contributed by atoms with van der Waals surface area (Å²) in [7, 11) is 0. The molecule has 4 aromatic rings. The van der Waals surface area contributed by atoms with Crippen molar-refractivity contribution in [1.29, 1.82) is 0 Å². The fourth-order valence-electron chi connectivity index (χ4n) is 3.27. The number of carbonyl (C=O) groups is 2. The number of fused-ring (bicyclic) bond motifs is 1. The number of para-hydroxylation sites is 2. The van der Waals surface area contributed by atoms with E-state index in [-0.39, 0.29) is 24.5 Å². The Kier molecular flexibility index (Phi) is 5.66. The van der Waals surface area contributed by atoms with Crippen molar-refractivity contribution in [3.63, 3.8) is 0 Å². The summed E-state index contributed by atoms with van der Waals surface area (Å²) < 4.78 is 1.89. The number of nitrogens with zero attached hydrogens (tertiary/aromatic N) is 3. The van der Waals surface area contributed by atoms with Gasteiger partial charge in [0.05, 0.1) is 22.9 Å². The van der Waals surface area contributed by atoms with E-state index in [9.17, 15) is 9.59 Å². The number of hydrogen-bond donors (Lipinski definition) is 1. The number of amides is 1. The van der Waals surface area contributed by atoms with E-state index in [0.717, 1.165) is 17.5 Å². The molecule has 30 heavy (non-hydrogen) atoms. The summed E-state index contributed by atoms with van der Waals surface area (Å²) in [6.45, 7) is 2.07. The van der Waals surface area contributed by atoms with Gasteiger partial charge in [-0.3, -0.25) is 14.2 Å². The number of aryl methyl sites for hydroxylation is 1. The molecule has 0 fully saturated rings. The van der Waals surface area contributed by atoms with Crippen LogP contribution in [-0.4, -0.2) is 26.2 Å². The number of pyridine rings is 1. The van der Waals surface area contributed by atoms with Gasteiger partial charge in [-0.25, -0.2) is 9.97 Å². The van der Waals surface area contributed by atoms with Crippen LogP contribution in [0.2, 0.25) is 0 Å². The second kappa shape index (κ2) is 8.69. The van der Waals surface area contributed by atoms with Gasteiger partial charge in [0.25, 0.3) is 0 Å². The average molecular weight is 398 g/mol. The Balaban J connectivity index is 1.35. The maximum atomic E-state index is 12.3. The third-order valence-corrected chi connectivity index (χ3v) is 5.00. The first kappa shape index (κ1) is 19.5. The van der Waals surface area contributed by atoms with Crippen LogP contribution in [0.5, 0.6) is 0 Å². The zero-order valence-electron chi connectivity index (χ0n) is 16.7. The molecule has 0 saturated carbocycles. The van der Waals surface area contributed by atoms with Crippen molar-refractivity contribution in [1.82, 2.24) is 14.5 Å². The maximum absolute atomic E-state index is 12.3. The number of benzene rings is 2. The Morgan fingerprint density at radius 3 is 2.47 bits per heavy atom. The average Bonchev–Trinajstić information content (AvgIpc) is 3.22. The molecule has 0 aliphatic carbocycles. The molecule has 1 N–H and O–H groups in total. The van der Waals surface area contributed by atoms with Crippen molar-refractivity contribution < 1.29 is 9.59 Å². The van der Waals surface area contributed by atoms with Gasteiger partial charge in [0.15, 0.2) is 5.78 Å². The topological polar surface area (TPSA) is 76.9 Å². The first-order valence-electron chi connectivity index (χ1n) is 9.94. The number of Topliss-reactive ketones (excluding diaryl/α,β-unsaturated/α-hetero) is 1. The number of nitrogens with one attached hydrogen (secondary N) is 1. The second-order valence-electron chi connectivity index (χ2n) is 7.03. The summed E-state index contributed by atoms with van der Waals surface area (Å²) in [5, 5.41) is 2.80. The Morgan fingerprint density at radius 2 is 1.73 bits per heavy atom. The molecule has 0 saturated heterocycles. The highest BCUT2D eigenvalue weighted by atomic mass is 16.2. The first-order valence-corrected chi connectivity index (χ1v) is 9.94. The molecule has 0 aliphatic heterocycles. The Morgan fingerprint density at radius 1 is 0.933 bits per heavy atom. The molecule has 0 radical (unpaired) electrons. The van der Waals surface area contributed by atoms with Crippen LogP contribution in [0.4, 0.5) is 5.69 Å². The zero-order chi connectivity index (χ0) is 20.9. The summed E-state index contributed by atoms with van der Waals surface area (Å²) in [6, 6.07) is 19.0. The van der Waals surface area contributed by atoms with Gasteiger partial charge in [0.1, 0.15) is 12.1 Å². The molecule has 0 unspecified atom stereocenters. The molecular formula is C24H22N4O2. The van der Waals surface area contributed by atoms with Gasteiger partial charge in [-0.15, -0.1) is 0 Å². The third-order valence-electron chi connectivity index (χ3n) is 5.00. The van der Waals surface area contributed by atoms with Crippen LogP contribution < -0.4 is 5.32 Å². The molecule has 0 aliphatic rings. The van der Waals surface area contributed by atoms with E-state index in [1.54, 1.807) is 18.6 Å². The number of anilines is 1. The number of ketones is 1. The van der Waals surface area contributed by atoms with Crippen LogP contribution in [0.3, 0.4) is 0 Å². The molecular weight excluding hydrogens is 376 g/mol. The number of aromatic nitrogens is 3. The van der Waals surface area contributed by atoms with Gasteiger partial charge in [0.2, 0.25) is 5.91 Å². The van der Waals surface area contributed by atoms with E-state index < -0.39 is 0 Å². The predicted octanol–water partition coefficient (Wildman–Crippen LogP) is 4.58. The molecule has 150 valence electrons. The Hall–Kier alpha value is -3.80. The van der Waals surface area contributed by atoms with E-state index in [1.165, 1.54) is 5.56 Å². The lowest BCUT2D eigenvalue weighted by Crippen LogP contribution is -2.14. The third kappa shape index (κ3) is 4.27. The minimum Gasteiger partial charge on any atom is -0.325 e. The maximum Gasteiger partial charge on any atom is 0.224 e. The minimum absolute atomic E-state index is 0.0340. The smallest absolute Gasteiger partial charge is 0.224 e. The highest BCUT2D eigenvalue weighted by Crippen LogP contribution is 2.18. The molecule has 2 aromatic carbocycles. The molecule has 2 aromatic heterocycles. The van der Waals surface area contributed by atoms with Gasteiger partial charge >= 0.3 is 0 Å². The van der Waals surface area contributed by atoms with Crippen LogP contribution >= 0.6 is 0 Å². The van der Waals surface area contributed by atoms with Crippen LogP contribution in [0.15, 0.2) is 73.2 Å². The van der Waals surface area contributed by atoms with E-state index in [0.29, 0.717) is 17.1 Å². The van der Waals surface area contributed by atoms with Crippen LogP contribution in [0.1, 0.15) is 35.7 Å². The molecule has 1 amide bonds. The number of imidazole rings is 1. The van der Waals surface area contributed by atoms with Crippen molar-refractivity contribution in [3.05, 3.63) is 84.3 Å². The molecule has 2 heterocycles. The van der Waals surface area contributed by atoms with Crippen LogP contribution in [-0.2, 0) is 11.2 Å². The highest BCUT2D eigenvalue weighted by Gasteiger charge is 2.10. The molecule has 6 nitrogen and oxygen atoms in total. The summed E-state index contributed by atoms with van der Waals surface area (Å²) in [5.41, 5.74) is 4.27. The molecule has 0 spiro atoms. The van der Waals surface area contributed by atoms with Gasteiger partial charge in [0, 0.05) is 18.4 Å². The second-order valence-corrected chi connectivity index (χ2v) is 7.03. The number of rotatable bonds is 7. The van der Waals surface area contributed by atoms with E-state index in [4.69, 9.17) is 0 Å². The summed E-state index contributed by atoms with van der Waals surface area (Å²) in [6.07, 6.45) is 4.56. The largest absolute Gasteiger partial charge is 0.325 e. The van der Waals surface area contributed by atoms with Gasteiger partial charge in [-0.05, 0) is 36.2 Å². The van der Waals surface area contributed by atoms with Crippen molar-refractivity contribution in [2.45, 2.75) is 26.2 Å².